The van der Waals surface area contributed by atoms with Gasteiger partial charge in [-0.3, -0.25) is 4.79 Å². The second kappa shape index (κ2) is 16.6. The molecule has 22 heavy (non-hydrogen) atoms. The van der Waals surface area contributed by atoms with Crippen molar-refractivity contribution in [3.63, 3.8) is 0 Å². The number of nitrogens with zero attached hydrogens (tertiary/aromatic N) is 1. The van der Waals surface area contributed by atoms with E-state index in [-0.39, 0.29) is 0 Å². The fourth-order valence-electron chi connectivity index (χ4n) is 2.44. The number of carboxylic acid groups (broad SMARTS) is 1. The van der Waals surface area contributed by atoms with Crippen LogP contribution in [0.5, 0.6) is 0 Å². The number of hydrogen-bond acceptors (Lipinski definition) is 4. The third kappa shape index (κ3) is 14.2. The van der Waals surface area contributed by atoms with Gasteiger partial charge in [-0.2, -0.15) is 0 Å². The molecule has 4 nitrogen and oxygen atoms in total. The highest BCUT2D eigenvalue weighted by Gasteiger charge is 2.15. The molecule has 128 valence electrons. The van der Waals surface area contributed by atoms with Crippen LogP contribution in [0.15, 0.2) is 4.99 Å². The van der Waals surface area contributed by atoms with Crippen molar-refractivity contribution >= 4 is 23.3 Å². The van der Waals surface area contributed by atoms with E-state index < -0.39 is 12.0 Å². The summed E-state index contributed by atoms with van der Waals surface area (Å²) in [5, 5.41) is 14.4. The number of rotatable bonds is 16. The summed E-state index contributed by atoms with van der Waals surface area (Å²) in [5.41, 5.74) is 0. The highest BCUT2D eigenvalue weighted by atomic mass is 32.1. The van der Waals surface area contributed by atoms with Crippen LogP contribution < -0.4 is 5.32 Å². The molecule has 0 fully saturated rings. The van der Waals surface area contributed by atoms with Gasteiger partial charge in [0.1, 0.15) is 6.04 Å². The van der Waals surface area contributed by atoms with Gasteiger partial charge in [0.15, 0.2) is 0 Å². The Bertz CT molecular complexity index is 318. The van der Waals surface area contributed by atoms with Crippen molar-refractivity contribution in [1.82, 2.24) is 5.32 Å². The van der Waals surface area contributed by atoms with Crippen LogP contribution >= 0.6 is 12.2 Å². The van der Waals surface area contributed by atoms with Gasteiger partial charge in [-0.25, -0.2) is 4.99 Å². The van der Waals surface area contributed by atoms with Gasteiger partial charge in [0.2, 0.25) is 0 Å². The standard InChI is InChI=1S/C17H32N2O2S/c1-2-3-4-5-6-7-8-9-10-11-13-19-16(17(20)21)12-14-18-15-22/h16,19H,2-14H2,1H3,(H,20,21). The van der Waals surface area contributed by atoms with Crippen molar-refractivity contribution < 1.29 is 9.90 Å². The number of aliphatic imine (C=N–C) groups is 1. The maximum absolute atomic E-state index is 11.1. The van der Waals surface area contributed by atoms with Crippen LogP contribution in [0.1, 0.15) is 77.6 Å². The van der Waals surface area contributed by atoms with Gasteiger partial charge in [-0.05, 0) is 31.6 Å². The van der Waals surface area contributed by atoms with Crippen LogP contribution in [-0.4, -0.2) is 35.4 Å². The minimum Gasteiger partial charge on any atom is -0.480 e. The Labute approximate surface area is 140 Å². The summed E-state index contributed by atoms with van der Waals surface area (Å²) in [6, 6.07) is -0.523. The molecule has 0 saturated heterocycles. The second-order valence-corrected chi connectivity index (χ2v) is 5.97. The normalized spacial score (nSPS) is 11.9. The molecule has 0 aromatic carbocycles. The van der Waals surface area contributed by atoms with Gasteiger partial charge < -0.3 is 10.4 Å². The fraction of sp³-hybridized carbons (Fsp3) is 0.882. The summed E-state index contributed by atoms with van der Waals surface area (Å²) in [6.45, 7) is 3.42. The number of hydrogen-bond donors (Lipinski definition) is 2. The topological polar surface area (TPSA) is 61.7 Å². The predicted octanol–water partition coefficient (Wildman–Crippen LogP) is 4.44. The lowest BCUT2D eigenvalue weighted by molar-refractivity contribution is -0.139. The van der Waals surface area contributed by atoms with Gasteiger partial charge in [0.05, 0.1) is 11.7 Å². The van der Waals surface area contributed by atoms with Gasteiger partial charge >= 0.3 is 5.97 Å². The Hall–Kier alpha value is -0.770. The molecule has 0 rings (SSSR count). The molecule has 1 atom stereocenters. The van der Waals surface area contributed by atoms with E-state index >= 15 is 0 Å². The molecule has 0 aromatic rings. The lowest BCUT2D eigenvalue weighted by Gasteiger charge is -2.12. The minimum absolute atomic E-state index is 0.422. The Morgan fingerprint density at radius 1 is 1.09 bits per heavy atom. The Kier molecular flexibility index (Phi) is 16.0. The van der Waals surface area contributed by atoms with E-state index in [0.29, 0.717) is 13.0 Å². The Morgan fingerprint density at radius 2 is 1.64 bits per heavy atom. The van der Waals surface area contributed by atoms with Crippen molar-refractivity contribution in [3.8, 4) is 0 Å². The van der Waals surface area contributed by atoms with Crippen LogP contribution in [-0.2, 0) is 4.79 Å². The second-order valence-electron chi connectivity index (χ2n) is 5.79. The average molecular weight is 329 g/mol. The fourth-order valence-corrected chi connectivity index (χ4v) is 2.53. The zero-order chi connectivity index (χ0) is 16.5. The molecule has 0 aliphatic rings. The number of carbonyl (C=O) groups is 1. The molecule has 0 aliphatic carbocycles. The van der Waals surface area contributed by atoms with E-state index in [1.807, 2.05) is 0 Å². The number of nitrogens with one attached hydrogen (secondary N) is 1. The van der Waals surface area contributed by atoms with Crippen LogP contribution in [0.4, 0.5) is 0 Å². The zero-order valence-corrected chi connectivity index (χ0v) is 14.8. The SMILES string of the molecule is CCCCCCCCCCCCNC(CCN=C=S)C(=O)O. The maximum atomic E-state index is 11.1. The van der Waals surface area contributed by atoms with E-state index in [0.717, 1.165) is 13.0 Å². The largest absolute Gasteiger partial charge is 0.480 e. The summed E-state index contributed by atoms with van der Waals surface area (Å²) in [4.78, 5) is 14.8. The van der Waals surface area contributed by atoms with Crippen molar-refractivity contribution in [3.05, 3.63) is 0 Å². The number of aliphatic carboxylic acids is 1. The average Bonchev–Trinajstić information content (AvgIpc) is 2.50. The number of thiocarbonyl (C=S) groups is 1. The van der Waals surface area contributed by atoms with Gasteiger partial charge in [-0.15, -0.1) is 0 Å². The van der Waals surface area contributed by atoms with E-state index in [1.54, 1.807) is 0 Å². The number of unbranched alkanes of at least 4 members (excludes halogenated alkanes) is 9. The molecule has 0 radical (unpaired) electrons. The monoisotopic (exact) mass is 328 g/mol. The first-order valence-electron chi connectivity index (χ1n) is 8.72. The molecule has 0 aromatic heterocycles. The summed E-state index contributed by atoms with van der Waals surface area (Å²) in [7, 11) is 0. The molecule has 0 heterocycles. The van der Waals surface area contributed by atoms with E-state index in [2.05, 4.69) is 34.6 Å². The minimum atomic E-state index is -0.813. The van der Waals surface area contributed by atoms with Crippen molar-refractivity contribution in [2.24, 2.45) is 4.99 Å². The third-order valence-corrected chi connectivity index (χ3v) is 3.94. The van der Waals surface area contributed by atoms with Crippen molar-refractivity contribution in [1.29, 1.82) is 0 Å². The van der Waals surface area contributed by atoms with Gasteiger partial charge in [0, 0.05) is 0 Å². The van der Waals surface area contributed by atoms with E-state index in [1.165, 1.54) is 57.8 Å². The van der Waals surface area contributed by atoms with E-state index in [9.17, 15) is 4.79 Å². The third-order valence-electron chi connectivity index (χ3n) is 3.81. The number of isothiocyanates is 1. The van der Waals surface area contributed by atoms with Crippen molar-refractivity contribution in [2.45, 2.75) is 83.6 Å². The highest BCUT2D eigenvalue weighted by Crippen LogP contribution is 2.10. The maximum Gasteiger partial charge on any atom is 0.320 e. The first-order chi connectivity index (χ1) is 10.7. The van der Waals surface area contributed by atoms with Gasteiger partial charge in [0.25, 0.3) is 0 Å². The summed E-state index contributed by atoms with van der Waals surface area (Å²) < 4.78 is 0. The first-order valence-corrected chi connectivity index (χ1v) is 9.13. The Morgan fingerprint density at radius 3 is 2.14 bits per heavy atom. The molecule has 0 saturated carbocycles. The molecule has 0 spiro atoms. The van der Waals surface area contributed by atoms with Crippen LogP contribution in [0, 0.1) is 0 Å². The van der Waals surface area contributed by atoms with Crippen LogP contribution in [0.3, 0.4) is 0 Å². The molecule has 1 unspecified atom stereocenters. The summed E-state index contributed by atoms with van der Waals surface area (Å²) in [5.74, 6) is -0.813. The molecular formula is C17H32N2O2S. The molecule has 0 aliphatic heterocycles. The van der Waals surface area contributed by atoms with Gasteiger partial charge in [-0.1, -0.05) is 64.7 Å². The molecule has 0 amide bonds. The van der Waals surface area contributed by atoms with E-state index in [4.69, 9.17) is 5.11 Å². The summed E-state index contributed by atoms with van der Waals surface area (Å²) in [6.07, 6.45) is 13.4. The lowest BCUT2D eigenvalue weighted by Crippen LogP contribution is -2.37. The lowest BCUT2D eigenvalue weighted by atomic mass is 10.1. The Balaban J connectivity index is 3.42. The number of carboxylic acids is 1. The molecular weight excluding hydrogens is 296 g/mol. The molecule has 0 bridgehead atoms. The molecule has 5 heteroatoms. The van der Waals surface area contributed by atoms with Crippen LogP contribution in [0.2, 0.25) is 0 Å². The smallest absolute Gasteiger partial charge is 0.320 e. The highest BCUT2D eigenvalue weighted by molar-refractivity contribution is 7.78. The predicted molar refractivity (Wildman–Crippen MR) is 95.8 cm³/mol. The first kappa shape index (κ1) is 21.2. The van der Waals surface area contributed by atoms with Crippen LogP contribution in [0.25, 0.3) is 0 Å². The molecule has 2 N–H and O–H groups in total. The summed E-state index contributed by atoms with van der Waals surface area (Å²) >= 11 is 4.47. The quantitative estimate of drug-likeness (QED) is 0.250. The van der Waals surface area contributed by atoms with Crippen molar-refractivity contribution in [2.75, 3.05) is 13.1 Å². The zero-order valence-electron chi connectivity index (χ0n) is 14.0.